The molecule has 0 aliphatic carbocycles. The van der Waals surface area contributed by atoms with Crippen molar-refractivity contribution in [2.75, 3.05) is 27.9 Å². The summed E-state index contributed by atoms with van der Waals surface area (Å²) in [4.78, 5) is 21.0. The molecule has 0 amide bonds. The second-order valence-electron chi connectivity index (χ2n) is 5.81. The van der Waals surface area contributed by atoms with Crippen LogP contribution in [0.4, 0.5) is 0 Å². The van der Waals surface area contributed by atoms with Crippen LogP contribution in [-0.2, 0) is 30.9 Å². The van der Waals surface area contributed by atoms with E-state index in [1.165, 1.54) is 20.3 Å². The van der Waals surface area contributed by atoms with Crippen molar-refractivity contribution >= 4 is 17.8 Å². The molecule has 0 unspecified atom stereocenters. The van der Waals surface area contributed by atoms with E-state index in [1.807, 2.05) is 43.8 Å². The van der Waals surface area contributed by atoms with E-state index < -0.39 is 5.97 Å². The first-order valence-electron chi connectivity index (χ1n) is 8.62. The molecule has 0 saturated carbocycles. The molecule has 0 radical (unpaired) electrons. The summed E-state index contributed by atoms with van der Waals surface area (Å²) in [5.74, 6) is 0.575. The average molecular weight is 379 g/mol. The zero-order chi connectivity index (χ0) is 20.4. The van der Waals surface area contributed by atoms with E-state index in [9.17, 15) is 4.79 Å². The topological polar surface area (TPSA) is 84.2 Å². The average Bonchev–Trinajstić information content (AvgIpc) is 3.01. The van der Waals surface area contributed by atoms with Gasteiger partial charge in [0.15, 0.2) is 0 Å². The summed E-state index contributed by atoms with van der Waals surface area (Å²) < 4.78 is 17.7. The second kappa shape index (κ2) is 11.2. The van der Waals surface area contributed by atoms with Gasteiger partial charge in [0.1, 0.15) is 30.1 Å². The molecule has 1 aromatic rings. The van der Waals surface area contributed by atoms with Gasteiger partial charge in [0, 0.05) is 26.3 Å². The number of rotatable bonds is 10. The first-order chi connectivity index (χ1) is 12.9. The van der Waals surface area contributed by atoms with Crippen LogP contribution in [0.2, 0.25) is 0 Å². The molecular weight excluding hydrogens is 350 g/mol. The number of carbonyl (C=O) groups is 1. The Bertz CT molecular complexity index is 706. The molecule has 8 heteroatoms. The highest BCUT2D eigenvalue weighted by atomic mass is 16.6. The maximum atomic E-state index is 11.7. The number of imidazole rings is 1. The number of oxime groups is 1. The lowest BCUT2D eigenvalue weighted by atomic mass is 10.0. The lowest BCUT2D eigenvalue weighted by Gasteiger charge is -2.21. The lowest BCUT2D eigenvalue weighted by molar-refractivity contribution is -0.137. The molecule has 2 atom stereocenters. The predicted molar refractivity (Wildman–Crippen MR) is 103 cm³/mol. The minimum Gasteiger partial charge on any atom is -0.500 e. The Morgan fingerprint density at radius 2 is 2.07 bits per heavy atom. The number of esters is 1. The Morgan fingerprint density at radius 3 is 2.63 bits per heavy atom. The second-order valence-corrected chi connectivity index (χ2v) is 5.81. The molecule has 0 aromatic carbocycles. The van der Waals surface area contributed by atoms with Gasteiger partial charge in [-0.2, -0.15) is 0 Å². The van der Waals surface area contributed by atoms with Crippen LogP contribution in [0.1, 0.15) is 32.3 Å². The summed E-state index contributed by atoms with van der Waals surface area (Å²) >= 11 is 0. The molecule has 150 valence electrons. The number of methoxy groups -OCH3 is 2. The number of hydrogen-bond donors (Lipinski definition) is 0. The summed E-state index contributed by atoms with van der Waals surface area (Å²) in [7, 11) is 6.50. The van der Waals surface area contributed by atoms with Crippen molar-refractivity contribution in [1.29, 1.82) is 0 Å². The van der Waals surface area contributed by atoms with E-state index >= 15 is 0 Å². The van der Waals surface area contributed by atoms with Crippen molar-refractivity contribution in [2.45, 2.75) is 26.9 Å². The number of hydrogen-bond acceptors (Lipinski definition) is 7. The number of ether oxygens (including phenoxy) is 3. The van der Waals surface area contributed by atoms with Crippen molar-refractivity contribution in [3.63, 3.8) is 0 Å². The third kappa shape index (κ3) is 6.56. The molecule has 0 aliphatic heterocycles. The van der Waals surface area contributed by atoms with E-state index in [0.717, 1.165) is 11.5 Å². The van der Waals surface area contributed by atoms with Crippen LogP contribution < -0.4 is 0 Å². The highest BCUT2D eigenvalue weighted by Crippen LogP contribution is 2.20. The van der Waals surface area contributed by atoms with Gasteiger partial charge in [-0.1, -0.05) is 18.2 Å². The third-order valence-electron chi connectivity index (χ3n) is 3.94. The van der Waals surface area contributed by atoms with Crippen molar-refractivity contribution in [2.24, 2.45) is 18.1 Å². The number of carbonyl (C=O) groups excluding carboxylic acids is 1. The summed E-state index contributed by atoms with van der Waals surface area (Å²) in [5, 5.41) is 3.89. The van der Waals surface area contributed by atoms with Crippen LogP contribution >= 0.6 is 0 Å². The van der Waals surface area contributed by atoms with Crippen molar-refractivity contribution in [1.82, 2.24) is 9.55 Å². The molecule has 1 aromatic heterocycles. The van der Waals surface area contributed by atoms with Gasteiger partial charge >= 0.3 is 5.97 Å². The van der Waals surface area contributed by atoms with Gasteiger partial charge in [-0.25, -0.2) is 9.78 Å². The van der Waals surface area contributed by atoms with Crippen molar-refractivity contribution in [3.05, 3.63) is 35.6 Å². The maximum Gasteiger partial charge on any atom is 0.334 e. The zero-order valence-corrected chi connectivity index (χ0v) is 17.1. The summed E-state index contributed by atoms with van der Waals surface area (Å²) in [6.45, 7) is 5.79. The summed E-state index contributed by atoms with van der Waals surface area (Å²) in [6, 6.07) is 0. The monoisotopic (exact) mass is 379 g/mol. The molecule has 27 heavy (non-hydrogen) atoms. The van der Waals surface area contributed by atoms with Crippen molar-refractivity contribution in [3.8, 4) is 0 Å². The highest BCUT2D eigenvalue weighted by Gasteiger charge is 2.21. The molecule has 1 rings (SSSR count). The minimum absolute atomic E-state index is 0.197. The largest absolute Gasteiger partial charge is 0.500 e. The molecule has 0 spiro atoms. The number of aryl methyl sites for hydroxylation is 1. The van der Waals surface area contributed by atoms with Crippen LogP contribution in [0.25, 0.3) is 6.08 Å². The van der Waals surface area contributed by atoms with Gasteiger partial charge in [-0.3, -0.25) is 0 Å². The molecule has 8 nitrogen and oxygen atoms in total. The fraction of sp³-hybridized carbons (Fsp3) is 0.526. The fourth-order valence-corrected chi connectivity index (χ4v) is 2.46. The van der Waals surface area contributed by atoms with E-state index in [2.05, 4.69) is 10.1 Å². The first kappa shape index (κ1) is 22.4. The van der Waals surface area contributed by atoms with Crippen LogP contribution in [0.15, 0.2) is 29.3 Å². The first-order valence-corrected chi connectivity index (χ1v) is 8.62. The molecular formula is C19H29N3O5. The summed E-state index contributed by atoms with van der Waals surface area (Å²) in [6.07, 6.45) is 6.62. The Labute approximate surface area is 160 Å². The predicted octanol–water partition coefficient (Wildman–Crippen LogP) is 2.55. The fourth-order valence-electron chi connectivity index (χ4n) is 2.46. The quantitative estimate of drug-likeness (QED) is 0.204. The normalized spacial score (nSPS) is 14.9. The molecule has 0 fully saturated rings. The Balaban J connectivity index is 3.00. The summed E-state index contributed by atoms with van der Waals surface area (Å²) in [5.41, 5.74) is 1.41. The molecule has 1 heterocycles. The van der Waals surface area contributed by atoms with Gasteiger partial charge in [0.25, 0.3) is 0 Å². The van der Waals surface area contributed by atoms with Gasteiger partial charge in [0.05, 0.1) is 25.9 Å². The van der Waals surface area contributed by atoms with Gasteiger partial charge in [-0.15, -0.1) is 0 Å². The minimum atomic E-state index is -0.443. The SMILES string of the molecule is CCOC(=O)/C=C(/OC)[C@H](C)[C@H](/C=C/c1nc(/C(C)=N\OC)cn1C)OC. The Hall–Kier alpha value is -2.61. The van der Waals surface area contributed by atoms with E-state index in [-0.39, 0.29) is 12.0 Å². The van der Waals surface area contributed by atoms with E-state index in [0.29, 0.717) is 18.1 Å². The lowest BCUT2D eigenvalue weighted by Crippen LogP contribution is -2.21. The molecule has 0 saturated heterocycles. The molecule has 0 aliphatic rings. The third-order valence-corrected chi connectivity index (χ3v) is 3.94. The smallest absolute Gasteiger partial charge is 0.334 e. The maximum absolute atomic E-state index is 11.7. The van der Waals surface area contributed by atoms with Gasteiger partial charge < -0.3 is 23.6 Å². The highest BCUT2D eigenvalue weighted by molar-refractivity contribution is 5.96. The van der Waals surface area contributed by atoms with Gasteiger partial charge in [-0.05, 0) is 19.9 Å². The van der Waals surface area contributed by atoms with E-state index in [1.54, 1.807) is 14.0 Å². The zero-order valence-electron chi connectivity index (χ0n) is 17.1. The number of aromatic nitrogens is 2. The van der Waals surface area contributed by atoms with Crippen LogP contribution in [-0.4, -0.2) is 55.3 Å². The van der Waals surface area contributed by atoms with Crippen LogP contribution in [0.3, 0.4) is 0 Å². The van der Waals surface area contributed by atoms with Gasteiger partial charge in [0.2, 0.25) is 0 Å². The molecule has 0 bridgehead atoms. The Morgan fingerprint density at radius 1 is 1.37 bits per heavy atom. The molecule has 0 N–H and O–H groups in total. The number of nitrogens with zero attached hydrogens (tertiary/aromatic N) is 3. The van der Waals surface area contributed by atoms with Crippen LogP contribution in [0, 0.1) is 5.92 Å². The van der Waals surface area contributed by atoms with Crippen LogP contribution in [0.5, 0.6) is 0 Å². The van der Waals surface area contributed by atoms with Crippen molar-refractivity contribution < 1.29 is 23.8 Å². The van der Waals surface area contributed by atoms with E-state index in [4.69, 9.17) is 19.0 Å². The Kier molecular flexibility index (Phi) is 9.29. The standard InChI is InChI=1S/C19H29N3O5/c1-8-27-19(23)11-17(25-6)13(2)16(24-5)9-10-18-20-15(12-22(18)4)14(3)21-26-7/h9-13,16H,8H2,1-7H3/b10-9+,17-11+,21-14-/t13-,16+/m1/s1.